The first-order valence-corrected chi connectivity index (χ1v) is 8.68. The van der Waals surface area contributed by atoms with E-state index in [9.17, 15) is 0 Å². The number of ether oxygens (including phenoxy) is 4. The van der Waals surface area contributed by atoms with Crippen molar-refractivity contribution in [3.05, 3.63) is 70.1 Å². The molecule has 0 aliphatic heterocycles. The van der Waals surface area contributed by atoms with Crippen molar-refractivity contribution in [3.8, 4) is 11.5 Å². The van der Waals surface area contributed by atoms with Crippen molar-refractivity contribution < 1.29 is 24.4 Å². The highest BCUT2D eigenvalue weighted by molar-refractivity contribution is 5.92. The zero-order valence-electron chi connectivity index (χ0n) is 15.5. The lowest BCUT2D eigenvalue weighted by molar-refractivity contribution is -0.114. The van der Waals surface area contributed by atoms with Crippen LogP contribution in [0.15, 0.2) is 53.6 Å². The van der Waals surface area contributed by atoms with Gasteiger partial charge in [0.2, 0.25) is 6.79 Å². The van der Waals surface area contributed by atoms with Gasteiger partial charge in [0.15, 0.2) is 0 Å². The van der Waals surface area contributed by atoms with Crippen LogP contribution in [-0.2, 0) is 15.9 Å². The summed E-state index contributed by atoms with van der Waals surface area (Å²) >= 11 is 0. The van der Waals surface area contributed by atoms with Crippen LogP contribution in [0.3, 0.4) is 0 Å². The molecule has 0 spiro atoms. The lowest BCUT2D eigenvalue weighted by Crippen LogP contribution is -2.46. The number of nitrogens with zero attached hydrogens (tertiary/aromatic N) is 3. The molecule has 9 heteroatoms. The minimum atomic E-state index is 0.0251. The Morgan fingerprint density at radius 1 is 0.929 bits per heavy atom. The van der Waals surface area contributed by atoms with Crippen molar-refractivity contribution in [1.29, 1.82) is 0 Å². The average Bonchev–Trinajstić information content (AvgIpc) is 2.71. The molecule has 0 saturated carbocycles. The number of rotatable bonds is 13. The van der Waals surface area contributed by atoms with Crippen molar-refractivity contribution >= 4 is 5.84 Å². The fraction of sp³-hybridized carbons (Fsp3) is 0.316. The Hall–Kier alpha value is -3.26. The molecule has 0 radical (unpaired) electrons. The van der Waals surface area contributed by atoms with Gasteiger partial charge in [0, 0.05) is 4.91 Å². The normalized spacial score (nSPS) is 10.1. The summed E-state index contributed by atoms with van der Waals surface area (Å²) in [5.41, 5.74) is 15.5. The summed E-state index contributed by atoms with van der Waals surface area (Å²) in [6.45, 7) is 1.55. The van der Waals surface area contributed by atoms with Gasteiger partial charge in [-0.3, -0.25) is 11.1 Å². The Balaban J connectivity index is 1.61. The molecule has 4 N–H and O–H groups in total. The first-order valence-electron chi connectivity index (χ1n) is 8.68. The zero-order chi connectivity index (χ0) is 20.0. The van der Waals surface area contributed by atoms with Gasteiger partial charge < -0.3 is 18.9 Å². The van der Waals surface area contributed by atoms with Crippen LogP contribution in [0.1, 0.15) is 11.1 Å². The highest BCUT2D eigenvalue weighted by atomic mass is 16.7. The maximum atomic E-state index is 8.10. The number of amidine groups is 1. The predicted octanol–water partition coefficient (Wildman–Crippen LogP) is 1.41. The van der Waals surface area contributed by atoms with Crippen molar-refractivity contribution in [2.45, 2.75) is 6.42 Å². The molecule has 0 aliphatic carbocycles. The highest BCUT2D eigenvalue weighted by Gasteiger charge is 2.02. The number of hydrogen-bond donors (Lipinski definition) is 2. The quantitative estimate of drug-likeness (QED) is 0.102. The number of nitrogens with two attached hydrogens (primary N) is 2. The van der Waals surface area contributed by atoms with Crippen molar-refractivity contribution in [1.82, 2.24) is 0 Å². The molecule has 2 aromatic carbocycles. The minimum Gasteiger partial charge on any atom is -0.458 e. The van der Waals surface area contributed by atoms with Gasteiger partial charge in [-0.25, -0.2) is 0 Å². The smallest absolute Gasteiger partial charge is 0.270 e. The molecule has 2 aromatic rings. The van der Waals surface area contributed by atoms with Gasteiger partial charge in [0.05, 0.1) is 25.4 Å². The number of benzene rings is 2. The van der Waals surface area contributed by atoms with Gasteiger partial charge in [-0.05, 0) is 53.9 Å². The predicted molar refractivity (Wildman–Crippen MR) is 104 cm³/mol. The molecule has 0 aliphatic rings. The van der Waals surface area contributed by atoms with E-state index in [1.165, 1.54) is 0 Å². The molecule has 0 heterocycles. The van der Waals surface area contributed by atoms with Crippen LogP contribution >= 0.6 is 0 Å². The Kier molecular flexibility index (Phi) is 9.16. The second-order valence-corrected chi connectivity index (χ2v) is 5.66. The second-order valence-electron chi connectivity index (χ2n) is 5.66. The first kappa shape index (κ1) is 21.0. The monoisotopic (exact) mass is 386 g/mol. The van der Waals surface area contributed by atoms with Crippen molar-refractivity contribution in [2.75, 3.05) is 33.3 Å². The maximum absolute atomic E-state index is 8.10. The van der Waals surface area contributed by atoms with E-state index in [1.807, 2.05) is 24.3 Å². The summed E-state index contributed by atoms with van der Waals surface area (Å²) in [6, 6.07) is 14.9. The van der Waals surface area contributed by atoms with Crippen LogP contribution in [0.5, 0.6) is 11.5 Å². The van der Waals surface area contributed by atoms with E-state index in [0.29, 0.717) is 31.3 Å². The molecule has 9 nitrogen and oxygen atoms in total. The van der Waals surface area contributed by atoms with Gasteiger partial charge in [-0.15, -0.1) is 0 Å². The Morgan fingerprint density at radius 3 is 2.14 bits per heavy atom. The van der Waals surface area contributed by atoms with E-state index in [4.69, 9.17) is 35.6 Å². The number of azide groups is 1. The molecule has 0 fully saturated rings. The molecule has 0 bridgehead atoms. The van der Waals surface area contributed by atoms with E-state index in [-0.39, 0.29) is 19.4 Å². The van der Waals surface area contributed by atoms with Crippen LogP contribution in [0.25, 0.3) is 10.4 Å². The second kappa shape index (κ2) is 12.2. The fourth-order valence-corrected chi connectivity index (χ4v) is 2.20. The molecule has 0 amide bonds. The Morgan fingerprint density at radius 2 is 1.54 bits per heavy atom. The lowest BCUT2D eigenvalue weighted by atomic mass is 10.1. The van der Waals surface area contributed by atoms with Crippen molar-refractivity contribution in [2.24, 2.45) is 10.8 Å². The van der Waals surface area contributed by atoms with E-state index >= 15 is 0 Å². The zero-order valence-corrected chi connectivity index (χ0v) is 15.5. The maximum Gasteiger partial charge on any atom is 0.270 e. The largest absolute Gasteiger partial charge is 0.458 e. The van der Waals surface area contributed by atoms with Crippen LogP contribution < -0.4 is 20.6 Å². The van der Waals surface area contributed by atoms with Crippen LogP contribution in [-0.4, -0.2) is 39.2 Å². The summed E-state index contributed by atoms with van der Waals surface area (Å²) in [7, 11) is 0. The standard InChI is InChI=1S/C19H23N5O4/c20-19(21)16-3-7-18(8-4-16)28-14-27-17-5-1-15(2-6-17)9-10-25-11-12-26-13-23-24-22/h1-8H,9-14H2,(H3,20,21)/p+1. The molecule has 0 atom stereocenters. The molecular formula is C19H24N5O4+. The summed E-state index contributed by atoms with van der Waals surface area (Å²) in [5, 5.41) is 8.79. The van der Waals surface area contributed by atoms with Gasteiger partial charge in [-0.1, -0.05) is 17.2 Å². The summed E-state index contributed by atoms with van der Waals surface area (Å²) in [6.07, 6.45) is 0.779. The van der Waals surface area contributed by atoms with Crippen LogP contribution in [0.2, 0.25) is 0 Å². The Labute approximate surface area is 163 Å². The van der Waals surface area contributed by atoms with E-state index in [1.54, 1.807) is 24.3 Å². The van der Waals surface area contributed by atoms with E-state index in [2.05, 4.69) is 10.0 Å². The number of hydrogen-bond acceptors (Lipinski definition) is 5. The van der Waals surface area contributed by atoms with Crippen LogP contribution in [0.4, 0.5) is 0 Å². The van der Waals surface area contributed by atoms with E-state index < -0.39 is 0 Å². The van der Waals surface area contributed by atoms with Gasteiger partial charge in [-0.2, -0.15) is 0 Å². The molecular weight excluding hydrogens is 362 g/mol. The Bertz CT molecular complexity index is 774. The van der Waals surface area contributed by atoms with Gasteiger partial charge in [0.25, 0.3) is 5.84 Å². The highest BCUT2D eigenvalue weighted by Crippen LogP contribution is 2.15. The summed E-state index contributed by atoms with van der Waals surface area (Å²) in [5.74, 6) is 1.65. The van der Waals surface area contributed by atoms with Gasteiger partial charge in [0.1, 0.15) is 18.2 Å². The molecule has 148 valence electrons. The molecule has 2 rings (SSSR count). The first-order chi connectivity index (χ1) is 13.7. The lowest BCUT2D eigenvalue weighted by Gasteiger charge is -2.09. The SMILES string of the molecule is [N-]=[N+]=NCOCCOCCc1ccc(OCOc2ccc(C(N)=[NH2+])cc2)cc1. The minimum absolute atomic E-state index is 0.0251. The molecule has 0 unspecified atom stereocenters. The molecule has 0 aromatic heterocycles. The fourth-order valence-electron chi connectivity index (χ4n) is 2.20. The third-order valence-electron chi connectivity index (χ3n) is 3.68. The van der Waals surface area contributed by atoms with Gasteiger partial charge >= 0.3 is 0 Å². The van der Waals surface area contributed by atoms with Crippen molar-refractivity contribution in [3.63, 3.8) is 0 Å². The third kappa shape index (κ3) is 7.96. The van der Waals surface area contributed by atoms with E-state index in [0.717, 1.165) is 17.5 Å². The third-order valence-corrected chi connectivity index (χ3v) is 3.68. The summed E-state index contributed by atoms with van der Waals surface area (Å²) < 4.78 is 21.6. The molecule has 0 saturated heterocycles. The average molecular weight is 386 g/mol. The summed E-state index contributed by atoms with van der Waals surface area (Å²) in [4.78, 5) is 2.59. The topological polar surface area (TPSA) is 137 Å². The molecule has 28 heavy (non-hydrogen) atoms. The van der Waals surface area contributed by atoms with Crippen LogP contribution in [0, 0.1) is 0 Å².